The zero-order valence-corrected chi connectivity index (χ0v) is 22.8. The molecule has 1 atom stereocenters. The standard InChI is InChI=1S/C29H37ClN2O5/c1-18(2)37-26-17-24-20(15-25(26)36-4)16-28(35)32(29(24)19-5-7-21(30)8-6-19)23-11-9-22(10-12-23)31(3)27(34)13-14-33/h5-8,15,17-18,22-23,29,33H,9-14,16H2,1-4H3/t22-,23-,29?. The van der Waals surface area contributed by atoms with E-state index in [2.05, 4.69) is 0 Å². The summed E-state index contributed by atoms with van der Waals surface area (Å²) in [6, 6.07) is 11.6. The van der Waals surface area contributed by atoms with E-state index in [4.69, 9.17) is 26.2 Å². The fourth-order valence-electron chi connectivity index (χ4n) is 5.68. The van der Waals surface area contributed by atoms with Crippen LogP contribution in [0, 0.1) is 0 Å². The van der Waals surface area contributed by atoms with E-state index in [1.807, 2.05) is 62.2 Å². The van der Waals surface area contributed by atoms with Gasteiger partial charge >= 0.3 is 0 Å². The number of hydrogen-bond acceptors (Lipinski definition) is 5. The zero-order chi connectivity index (χ0) is 26.7. The van der Waals surface area contributed by atoms with Gasteiger partial charge in [0.25, 0.3) is 0 Å². The van der Waals surface area contributed by atoms with Gasteiger partial charge in [-0.25, -0.2) is 0 Å². The molecule has 1 aliphatic heterocycles. The molecule has 8 heteroatoms. The molecule has 2 aliphatic rings. The SMILES string of the molecule is COc1cc2c(cc1OC(C)C)C(c1ccc(Cl)cc1)N([C@H]1CC[C@H](N(C)C(=O)CCO)CC1)C(=O)C2. The molecule has 1 heterocycles. The summed E-state index contributed by atoms with van der Waals surface area (Å²) in [6.45, 7) is 3.81. The summed E-state index contributed by atoms with van der Waals surface area (Å²) < 4.78 is 11.7. The maximum absolute atomic E-state index is 13.7. The van der Waals surface area contributed by atoms with Crippen molar-refractivity contribution in [2.24, 2.45) is 0 Å². The second-order valence-electron chi connectivity index (χ2n) is 10.2. The minimum Gasteiger partial charge on any atom is -0.493 e. The third-order valence-electron chi connectivity index (χ3n) is 7.50. The normalized spacial score (nSPS) is 21.5. The van der Waals surface area contributed by atoms with Crippen molar-refractivity contribution in [3.63, 3.8) is 0 Å². The predicted octanol–water partition coefficient (Wildman–Crippen LogP) is 4.76. The van der Waals surface area contributed by atoms with E-state index in [9.17, 15) is 9.59 Å². The Morgan fingerprint density at radius 2 is 1.81 bits per heavy atom. The van der Waals surface area contributed by atoms with Crippen LogP contribution in [0.2, 0.25) is 5.02 Å². The first kappa shape index (κ1) is 27.3. The predicted molar refractivity (Wildman–Crippen MR) is 143 cm³/mol. The van der Waals surface area contributed by atoms with E-state index in [1.165, 1.54) is 0 Å². The smallest absolute Gasteiger partial charge is 0.228 e. The molecule has 200 valence electrons. The third-order valence-corrected chi connectivity index (χ3v) is 7.75. The number of rotatable bonds is 8. The number of halogens is 1. The molecule has 2 aromatic carbocycles. The molecule has 0 radical (unpaired) electrons. The lowest BCUT2D eigenvalue weighted by molar-refractivity contribution is -0.139. The van der Waals surface area contributed by atoms with E-state index in [-0.39, 0.29) is 49.1 Å². The largest absolute Gasteiger partial charge is 0.493 e. The first-order valence-electron chi connectivity index (χ1n) is 13.0. The Hall–Kier alpha value is -2.77. The maximum atomic E-state index is 13.7. The van der Waals surface area contributed by atoms with E-state index in [0.29, 0.717) is 22.9 Å². The second-order valence-corrected chi connectivity index (χ2v) is 10.7. The van der Waals surface area contributed by atoms with Gasteiger partial charge in [-0.2, -0.15) is 0 Å². The maximum Gasteiger partial charge on any atom is 0.228 e. The van der Waals surface area contributed by atoms with Crippen molar-refractivity contribution in [1.29, 1.82) is 0 Å². The van der Waals surface area contributed by atoms with Crippen LogP contribution in [-0.2, 0) is 16.0 Å². The molecule has 2 aromatic rings. The molecule has 1 N–H and O–H groups in total. The molecule has 1 aliphatic carbocycles. The summed E-state index contributed by atoms with van der Waals surface area (Å²) in [5.74, 6) is 1.33. The lowest BCUT2D eigenvalue weighted by Gasteiger charge is -2.46. The molecule has 0 spiro atoms. The number of ether oxygens (including phenoxy) is 2. The number of hydrogen-bond donors (Lipinski definition) is 1. The fraction of sp³-hybridized carbons (Fsp3) is 0.517. The summed E-state index contributed by atoms with van der Waals surface area (Å²) in [4.78, 5) is 29.8. The van der Waals surface area contributed by atoms with Crippen molar-refractivity contribution in [1.82, 2.24) is 9.80 Å². The van der Waals surface area contributed by atoms with Crippen LogP contribution in [0.15, 0.2) is 36.4 Å². The van der Waals surface area contributed by atoms with Crippen molar-refractivity contribution in [2.45, 2.75) is 76.6 Å². The number of carbonyl (C=O) groups excluding carboxylic acids is 2. The van der Waals surface area contributed by atoms with Gasteiger partial charge in [0, 0.05) is 30.6 Å². The van der Waals surface area contributed by atoms with E-state index >= 15 is 0 Å². The molecule has 0 aromatic heterocycles. The summed E-state index contributed by atoms with van der Waals surface area (Å²) in [5.41, 5.74) is 2.98. The molecule has 0 saturated heterocycles. The Morgan fingerprint density at radius 1 is 1.14 bits per heavy atom. The van der Waals surface area contributed by atoms with Gasteiger partial charge in [0.15, 0.2) is 11.5 Å². The van der Waals surface area contributed by atoms with Gasteiger partial charge in [0.05, 0.1) is 32.3 Å². The van der Waals surface area contributed by atoms with Crippen molar-refractivity contribution < 1.29 is 24.2 Å². The minimum absolute atomic E-state index is 0.0249. The number of benzene rings is 2. The Bertz CT molecular complexity index is 1110. The lowest BCUT2D eigenvalue weighted by Crippen LogP contribution is -2.50. The molecular weight excluding hydrogens is 492 g/mol. The van der Waals surface area contributed by atoms with E-state index in [0.717, 1.165) is 42.4 Å². The van der Waals surface area contributed by atoms with E-state index in [1.54, 1.807) is 12.0 Å². The summed E-state index contributed by atoms with van der Waals surface area (Å²) in [6.07, 6.45) is 3.64. The summed E-state index contributed by atoms with van der Waals surface area (Å²) in [7, 11) is 3.43. The molecule has 4 rings (SSSR count). The highest BCUT2D eigenvalue weighted by Gasteiger charge is 2.40. The van der Waals surface area contributed by atoms with Gasteiger partial charge in [-0.15, -0.1) is 0 Å². The number of carbonyl (C=O) groups is 2. The van der Waals surface area contributed by atoms with Crippen LogP contribution in [-0.4, -0.2) is 65.7 Å². The number of fused-ring (bicyclic) bond motifs is 1. The van der Waals surface area contributed by atoms with Crippen LogP contribution < -0.4 is 9.47 Å². The number of aliphatic hydroxyl groups is 1. The first-order valence-corrected chi connectivity index (χ1v) is 13.4. The average molecular weight is 529 g/mol. The first-order chi connectivity index (χ1) is 17.7. The Balaban J connectivity index is 1.69. The van der Waals surface area contributed by atoms with Crippen LogP contribution in [0.5, 0.6) is 11.5 Å². The highest BCUT2D eigenvalue weighted by atomic mass is 35.5. The van der Waals surface area contributed by atoms with E-state index < -0.39 is 0 Å². The molecule has 7 nitrogen and oxygen atoms in total. The topological polar surface area (TPSA) is 79.3 Å². The van der Waals surface area contributed by atoms with Crippen LogP contribution >= 0.6 is 11.6 Å². The summed E-state index contributed by atoms with van der Waals surface area (Å²) >= 11 is 6.22. The number of aliphatic hydroxyl groups excluding tert-OH is 1. The van der Waals surface area contributed by atoms with Crippen molar-refractivity contribution in [2.75, 3.05) is 20.8 Å². The minimum atomic E-state index is -0.274. The number of nitrogens with zero attached hydrogens (tertiary/aromatic N) is 2. The summed E-state index contributed by atoms with van der Waals surface area (Å²) in [5, 5.41) is 9.79. The van der Waals surface area contributed by atoms with Crippen molar-refractivity contribution in [3.05, 3.63) is 58.1 Å². The zero-order valence-electron chi connectivity index (χ0n) is 22.1. The molecule has 1 unspecified atom stereocenters. The Labute approximate surface area is 224 Å². The highest BCUT2D eigenvalue weighted by Crippen LogP contribution is 2.44. The molecule has 0 bridgehead atoms. The van der Waals surface area contributed by atoms with Crippen molar-refractivity contribution >= 4 is 23.4 Å². The Morgan fingerprint density at radius 3 is 2.41 bits per heavy atom. The van der Waals surface area contributed by atoms with Gasteiger partial charge < -0.3 is 24.4 Å². The molecule has 1 fully saturated rings. The quantitative estimate of drug-likeness (QED) is 0.534. The average Bonchev–Trinajstić information content (AvgIpc) is 2.88. The van der Waals surface area contributed by atoms with Crippen LogP contribution in [0.4, 0.5) is 0 Å². The van der Waals surface area contributed by atoms with Crippen LogP contribution in [0.25, 0.3) is 0 Å². The number of methoxy groups -OCH3 is 1. The molecule has 37 heavy (non-hydrogen) atoms. The van der Waals surface area contributed by atoms with Crippen LogP contribution in [0.3, 0.4) is 0 Å². The van der Waals surface area contributed by atoms with Gasteiger partial charge in [0.1, 0.15) is 0 Å². The van der Waals surface area contributed by atoms with Gasteiger partial charge in [-0.3, -0.25) is 9.59 Å². The van der Waals surface area contributed by atoms with Gasteiger partial charge in [-0.1, -0.05) is 23.7 Å². The Kier molecular flexibility index (Phi) is 8.65. The highest BCUT2D eigenvalue weighted by molar-refractivity contribution is 6.30. The van der Waals surface area contributed by atoms with Crippen LogP contribution in [0.1, 0.15) is 68.7 Å². The third kappa shape index (κ3) is 5.88. The second kappa shape index (κ2) is 11.7. The monoisotopic (exact) mass is 528 g/mol. The molecule has 2 amide bonds. The lowest BCUT2D eigenvalue weighted by atomic mass is 9.82. The van der Waals surface area contributed by atoms with Gasteiger partial charge in [0.2, 0.25) is 11.8 Å². The van der Waals surface area contributed by atoms with Crippen molar-refractivity contribution in [3.8, 4) is 11.5 Å². The molecule has 1 saturated carbocycles. The number of amides is 2. The fourth-order valence-corrected chi connectivity index (χ4v) is 5.80. The van der Waals surface area contributed by atoms with Gasteiger partial charge in [-0.05, 0) is 80.5 Å². The molecular formula is C29H37ClN2O5.